The van der Waals surface area contributed by atoms with Crippen molar-refractivity contribution >= 4 is 18.4 Å². The standard InChI is InChI=1S/C8H8OS.Y/c1-6(9)7-4-2-3-5-8(7)10;/h2-5,10H,1H3;/p-1. The number of rotatable bonds is 1. The van der Waals surface area contributed by atoms with Crippen LogP contribution in [0, 0.1) is 0 Å². The zero-order valence-corrected chi connectivity index (χ0v) is 9.86. The number of ketones is 1. The molecule has 0 amide bonds. The fourth-order valence-corrected chi connectivity index (χ4v) is 1.05. The summed E-state index contributed by atoms with van der Waals surface area (Å²) in [6.45, 7) is 1.52. The molecule has 0 bridgehead atoms. The van der Waals surface area contributed by atoms with Crippen LogP contribution in [0.4, 0.5) is 0 Å². The SMILES string of the molecule is CC(=O)c1ccccc1[S-].[Y]. The molecule has 0 saturated carbocycles. The molecule has 3 heteroatoms. The molecule has 1 radical (unpaired) electrons. The van der Waals surface area contributed by atoms with Crippen LogP contribution < -0.4 is 0 Å². The Morgan fingerprint density at radius 2 is 1.91 bits per heavy atom. The van der Waals surface area contributed by atoms with Crippen LogP contribution in [0.2, 0.25) is 0 Å². The number of benzene rings is 1. The minimum Gasteiger partial charge on any atom is -0.779 e. The van der Waals surface area contributed by atoms with E-state index >= 15 is 0 Å². The first-order chi connectivity index (χ1) is 4.72. The molecular weight excluding hydrogens is 233 g/mol. The van der Waals surface area contributed by atoms with Crippen LogP contribution >= 0.6 is 0 Å². The predicted octanol–water partition coefficient (Wildman–Crippen LogP) is 1.79. The normalized spacial score (nSPS) is 8.45. The number of carbonyl (C=O) groups is 1. The summed E-state index contributed by atoms with van der Waals surface area (Å²) in [6, 6.07) is 7.14. The third-order valence-electron chi connectivity index (χ3n) is 1.27. The molecule has 0 heterocycles. The second-order valence-electron chi connectivity index (χ2n) is 2.05. The summed E-state index contributed by atoms with van der Waals surface area (Å²) in [6.07, 6.45) is 0. The maximum absolute atomic E-state index is 10.8. The molecule has 0 N–H and O–H groups in total. The van der Waals surface area contributed by atoms with E-state index in [2.05, 4.69) is 0 Å². The van der Waals surface area contributed by atoms with Gasteiger partial charge in [0.05, 0.1) is 0 Å². The van der Waals surface area contributed by atoms with Gasteiger partial charge in [-0.1, -0.05) is 24.3 Å². The third kappa shape index (κ3) is 2.98. The fraction of sp³-hybridized carbons (Fsp3) is 0.125. The second-order valence-corrected chi connectivity index (χ2v) is 2.49. The van der Waals surface area contributed by atoms with Crippen LogP contribution in [0.3, 0.4) is 0 Å². The topological polar surface area (TPSA) is 17.1 Å². The Kier molecular flexibility index (Phi) is 5.06. The molecule has 1 aromatic carbocycles. The average Bonchev–Trinajstić information content (AvgIpc) is 1.88. The minimum absolute atomic E-state index is 0. The fourth-order valence-electron chi connectivity index (χ4n) is 0.757. The van der Waals surface area contributed by atoms with Gasteiger partial charge < -0.3 is 12.6 Å². The Hall–Kier alpha value is 0.214. The van der Waals surface area contributed by atoms with Gasteiger partial charge in [-0.05, 0) is 12.5 Å². The van der Waals surface area contributed by atoms with Crippen molar-refractivity contribution in [1.29, 1.82) is 0 Å². The van der Waals surface area contributed by atoms with Crippen LogP contribution in [0.1, 0.15) is 17.3 Å². The first-order valence-electron chi connectivity index (χ1n) is 2.99. The van der Waals surface area contributed by atoms with E-state index in [4.69, 9.17) is 12.6 Å². The monoisotopic (exact) mass is 240 g/mol. The molecule has 0 aromatic heterocycles. The zero-order valence-electron chi connectivity index (χ0n) is 6.20. The molecule has 0 fully saturated rings. The molecule has 0 saturated heterocycles. The minimum atomic E-state index is 0. The maximum atomic E-state index is 10.8. The molecule has 0 atom stereocenters. The quantitative estimate of drug-likeness (QED) is 0.550. The van der Waals surface area contributed by atoms with Gasteiger partial charge in [-0.25, -0.2) is 0 Å². The molecule has 0 unspecified atom stereocenters. The summed E-state index contributed by atoms with van der Waals surface area (Å²) in [7, 11) is 0. The van der Waals surface area contributed by atoms with Gasteiger partial charge in [-0.15, -0.1) is 0 Å². The number of hydrogen-bond donors (Lipinski definition) is 0. The Morgan fingerprint density at radius 1 is 1.36 bits per heavy atom. The van der Waals surface area contributed by atoms with Gasteiger partial charge >= 0.3 is 0 Å². The molecular formula is C8H7OSY-. The van der Waals surface area contributed by atoms with E-state index in [1.807, 2.05) is 12.1 Å². The molecule has 11 heavy (non-hydrogen) atoms. The molecule has 1 aromatic rings. The van der Waals surface area contributed by atoms with Crippen molar-refractivity contribution in [3.8, 4) is 0 Å². The number of hydrogen-bond acceptors (Lipinski definition) is 2. The van der Waals surface area contributed by atoms with Crippen LogP contribution in [0.25, 0.3) is 0 Å². The Morgan fingerprint density at radius 3 is 2.27 bits per heavy atom. The molecule has 0 aliphatic heterocycles. The first kappa shape index (κ1) is 11.2. The molecule has 55 valence electrons. The molecule has 0 spiro atoms. The Labute approximate surface area is 96.9 Å². The van der Waals surface area contributed by atoms with Crippen molar-refractivity contribution in [3.05, 3.63) is 29.8 Å². The van der Waals surface area contributed by atoms with Crippen molar-refractivity contribution in [2.24, 2.45) is 0 Å². The van der Waals surface area contributed by atoms with Gasteiger partial charge in [0.1, 0.15) is 0 Å². The number of Topliss-reactive ketones (excluding diaryl/α,β-unsaturated/α-hetero) is 1. The van der Waals surface area contributed by atoms with E-state index in [1.165, 1.54) is 6.92 Å². The van der Waals surface area contributed by atoms with Crippen LogP contribution in [0.15, 0.2) is 29.2 Å². The molecule has 1 nitrogen and oxygen atoms in total. The van der Waals surface area contributed by atoms with Crippen LogP contribution in [-0.4, -0.2) is 5.78 Å². The van der Waals surface area contributed by atoms with E-state index in [0.29, 0.717) is 10.5 Å². The summed E-state index contributed by atoms with van der Waals surface area (Å²) in [4.78, 5) is 11.4. The van der Waals surface area contributed by atoms with Gasteiger partial charge in [0, 0.05) is 32.7 Å². The maximum Gasteiger partial charge on any atom is 0.158 e. The van der Waals surface area contributed by atoms with Crippen molar-refractivity contribution in [1.82, 2.24) is 0 Å². The van der Waals surface area contributed by atoms with E-state index in [0.717, 1.165) is 0 Å². The van der Waals surface area contributed by atoms with E-state index in [-0.39, 0.29) is 38.5 Å². The van der Waals surface area contributed by atoms with Crippen molar-refractivity contribution in [2.45, 2.75) is 11.8 Å². The number of carbonyl (C=O) groups excluding carboxylic acids is 1. The Bertz CT molecular complexity index is 260. The smallest absolute Gasteiger partial charge is 0.158 e. The second kappa shape index (κ2) is 4.97. The largest absolute Gasteiger partial charge is 0.779 e. The molecule has 1 rings (SSSR count). The third-order valence-corrected chi connectivity index (χ3v) is 1.62. The van der Waals surface area contributed by atoms with E-state index < -0.39 is 0 Å². The summed E-state index contributed by atoms with van der Waals surface area (Å²) in [5, 5.41) is 0. The van der Waals surface area contributed by atoms with Crippen molar-refractivity contribution < 1.29 is 37.5 Å². The van der Waals surface area contributed by atoms with Crippen molar-refractivity contribution in [3.63, 3.8) is 0 Å². The van der Waals surface area contributed by atoms with Gasteiger partial charge in [-0.3, -0.25) is 4.79 Å². The van der Waals surface area contributed by atoms with E-state index in [1.54, 1.807) is 12.1 Å². The summed E-state index contributed by atoms with van der Waals surface area (Å²) in [5.74, 6) is 0.0330. The Balaban J connectivity index is 0.000001000. The van der Waals surface area contributed by atoms with Gasteiger partial charge in [0.15, 0.2) is 5.78 Å². The average molecular weight is 240 g/mol. The van der Waals surface area contributed by atoms with Gasteiger partial charge in [0.2, 0.25) is 0 Å². The predicted molar refractivity (Wildman–Crippen MR) is 42.1 cm³/mol. The van der Waals surface area contributed by atoms with Gasteiger partial charge in [-0.2, -0.15) is 4.90 Å². The molecule has 0 aliphatic carbocycles. The van der Waals surface area contributed by atoms with Crippen LogP contribution in [-0.2, 0) is 45.3 Å². The van der Waals surface area contributed by atoms with Crippen molar-refractivity contribution in [2.75, 3.05) is 0 Å². The zero-order chi connectivity index (χ0) is 7.56. The van der Waals surface area contributed by atoms with Crippen LogP contribution in [0.5, 0.6) is 0 Å². The summed E-state index contributed by atoms with van der Waals surface area (Å²) >= 11 is 4.91. The summed E-state index contributed by atoms with van der Waals surface area (Å²) in [5.41, 5.74) is 0.637. The molecule has 0 aliphatic rings. The first-order valence-corrected chi connectivity index (χ1v) is 3.39. The van der Waals surface area contributed by atoms with E-state index in [9.17, 15) is 4.79 Å². The summed E-state index contributed by atoms with van der Waals surface area (Å²) < 4.78 is 0. The van der Waals surface area contributed by atoms with Gasteiger partial charge in [0.25, 0.3) is 0 Å².